The molecule has 1 aromatic rings. The summed E-state index contributed by atoms with van der Waals surface area (Å²) in [5.74, 6) is -1.09. The van der Waals surface area contributed by atoms with E-state index in [0.717, 1.165) is 0 Å². The molecule has 0 bridgehead atoms. The first kappa shape index (κ1) is 17.0. The van der Waals surface area contributed by atoms with Gasteiger partial charge in [0.1, 0.15) is 11.2 Å². The molecule has 2 atom stereocenters. The number of hydrogen-bond acceptors (Lipinski definition) is 3. The molecule has 0 saturated heterocycles. The molecule has 2 unspecified atom stereocenters. The van der Waals surface area contributed by atoms with Gasteiger partial charge in [-0.1, -0.05) is 30.7 Å². The second kappa shape index (κ2) is 6.15. The minimum Gasteiger partial charge on any atom is -0.460 e. The highest BCUT2D eigenvalue weighted by molar-refractivity contribution is 6.30. The van der Waals surface area contributed by atoms with Gasteiger partial charge in [0.15, 0.2) is 0 Å². The van der Waals surface area contributed by atoms with Crippen LogP contribution < -0.4 is 0 Å². The van der Waals surface area contributed by atoms with Crippen molar-refractivity contribution in [3.05, 3.63) is 34.9 Å². The molecule has 0 fully saturated rings. The second-order valence-corrected chi connectivity index (χ2v) is 6.48. The molecular weight excluding hydrogens is 276 g/mol. The van der Waals surface area contributed by atoms with Crippen LogP contribution in [0.25, 0.3) is 0 Å². The lowest BCUT2D eigenvalue weighted by atomic mass is 9.80. The number of rotatable bonds is 4. The molecule has 1 N–H and O–H groups in total. The number of ether oxygens (including phenoxy) is 1. The van der Waals surface area contributed by atoms with E-state index in [1.165, 1.54) is 0 Å². The first-order valence-electron chi connectivity index (χ1n) is 6.81. The summed E-state index contributed by atoms with van der Waals surface area (Å²) in [6.07, 6.45) is 0.397. The molecule has 4 heteroatoms. The lowest BCUT2D eigenvalue weighted by Crippen LogP contribution is -2.41. The predicted molar refractivity (Wildman–Crippen MR) is 80.6 cm³/mol. The molecule has 0 saturated carbocycles. The zero-order chi connectivity index (χ0) is 15.6. The molecule has 20 heavy (non-hydrogen) atoms. The van der Waals surface area contributed by atoms with Gasteiger partial charge in [-0.2, -0.15) is 0 Å². The zero-order valence-corrected chi connectivity index (χ0v) is 13.5. The van der Waals surface area contributed by atoms with Crippen molar-refractivity contribution in [1.82, 2.24) is 0 Å². The van der Waals surface area contributed by atoms with E-state index < -0.39 is 23.1 Å². The first-order chi connectivity index (χ1) is 9.10. The third-order valence-corrected chi connectivity index (χ3v) is 3.58. The van der Waals surface area contributed by atoms with Gasteiger partial charge in [0.25, 0.3) is 0 Å². The summed E-state index contributed by atoms with van der Waals surface area (Å²) in [6, 6.07) is 6.96. The number of carbonyl (C=O) groups is 1. The van der Waals surface area contributed by atoms with E-state index in [1.807, 2.05) is 27.7 Å². The van der Waals surface area contributed by atoms with Crippen LogP contribution in [0, 0.1) is 5.92 Å². The van der Waals surface area contributed by atoms with E-state index >= 15 is 0 Å². The Balaban J connectivity index is 3.07. The lowest BCUT2D eigenvalue weighted by Gasteiger charge is -2.34. The average Bonchev–Trinajstić information content (AvgIpc) is 2.34. The summed E-state index contributed by atoms with van der Waals surface area (Å²) in [4.78, 5) is 12.2. The zero-order valence-electron chi connectivity index (χ0n) is 12.7. The fourth-order valence-corrected chi connectivity index (χ4v) is 2.29. The molecule has 0 aromatic heterocycles. The number of carbonyl (C=O) groups excluding carboxylic acids is 1. The van der Waals surface area contributed by atoms with Gasteiger partial charge in [0, 0.05) is 5.02 Å². The molecule has 0 heterocycles. The highest BCUT2D eigenvalue weighted by Crippen LogP contribution is 2.35. The van der Waals surface area contributed by atoms with Crippen molar-refractivity contribution < 1.29 is 14.6 Å². The fourth-order valence-electron chi connectivity index (χ4n) is 2.10. The minimum atomic E-state index is -1.28. The molecule has 112 valence electrons. The Kier molecular flexibility index (Phi) is 5.22. The minimum absolute atomic E-state index is 0.397. The van der Waals surface area contributed by atoms with Crippen molar-refractivity contribution in [2.24, 2.45) is 5.92 Å². The second-order valence-electron chi connectivity index (χ2n) is 6.04. The maximum Gasteiger partial charge on any atom is 0.312 e. The van der Waals surface area contributed by atoms with E-state index in [2.05, 4.69) is 0 Å². The highest BCUT2D eigenvalue weighted by Gasteiger charge is 2.40. The number of halogens is 1. The van der Waals surface area contributed by atoms with E-state index in [-0.39, 0.29) is 0 Å². The van der Waals surface area contributed by atoms with Crippen LogP contribution in [0.5, 0.6) is 0 Å². The quantitative estimate of drug-likeness (QED) is 0.857. The Morgan fingerprint density at radius 1 is 1.40 bits per heavy atom. The maximum absolute atomic E-state index is 12.2. The predicted octanol–water partition coefficient (Wildman–Crippen LogP) is 3.92. The molecule has 0 spiro atoms. The summed E-state index contributed by atoms with van der Waals surface area (Å²) < 4.78 is 5.37. The molecular formula is C16H23ClO3. The SMILES string of the molecule is CCC(O)(c1cccc(Cl)c1)C(C)C(=O)OC(C)(C)C. The van der Waals surface area contributed by atoms with Crippen LogP contribution in [0.2, 0.25) is 5.02 Å². The van der Waals surface area contributed by atoms with Gasteiger partial charge in [-0.25, -0.2) is 0 Å². The Morgan fingerprint density at radius 2 is 2.00 bits per heavy atom. The number of benzene rings is 1. The Hall–Kier alpha value is -1.06. The van der Waals surface area contributed by atoms with Gasteiger partial charge in [0.2, 0.25) is 0 Å². The maximum atomic E-state index is 12.2. The smallest absolute Gasteiger partial charge is 0.312 e. The number of aliphatic hydroxyl groups is 1. The molecule has 3 nitrogen and oxygen atoms in total. The molecule has 1 aromatic carbocycles. The highest BCUT2D eigenvalue weighted by atomic mass is 35.5. The van der Waals surface area contributed by atoms with E-state index in [0.29, 0.717) is 17.0 Å². The summed E-state index contributed by atoms with van der Waals surface area (Å²) in [7, 11) is 0. The normalized spacial score (nSPS) is 16.4. The van der Waals surface area contributed by atoms with E-state index in [4.69, 9.17) is 16.3 Å². The van der Waals surface area contributed by atoms with Crippen LogP contribution in [0.3, 0.4) is 0 Å². The Bertz CT molecular complexity index is 479. The van der Waals surface area contributed by atoms with Gasteiger partial charge in [-0.05, 0) is 51.8 Å². The monoisotopic (exact) mass is 298 g/mol. The standard InChI is InChI=1S/C16H23ClO3/c1-6-16(19,12-8-7-9-13(17)10-12)11(2)14(18)20-15(3,4)5/h7-11,19H,6H2,1-5H3. The topological polar surface area (TPSA) is 46.5 Å². The van der Waals surface area contributed by atoms with Crippen LogP contribution in [0.1, 0.15) is 46.6 Å². The molecule has 0 radical (unpaired) electrons. The van der Waals surface area contributed by atoms with Crippen LogP contribution >= 0.6 is 11.6 Å². The van der Waals surface area contributed by atoms with Crippen LogP contribution in [-0.2, 0) is 15.1 Å². The average molecular weight is 299 g/mol. The van der Waals surface area contributed by atoms with E-state index in [1.54, 1.807) is 31.2 Å². The molecule has 0 aliphatic carbocycles. The first-order valence-corrected chi connectivity index (χ1v) is 7.19. The van der Waals surface area contributed by atoms with Crippen molar-refractivity contribution in [3.63, 3.8) is 0 Å². The third kappa shape index (κ3) is 3.97. The van der Waals surface area contributed by atoms with Crippen LogP contribution in [0.15, 0.2) is 24.3 Å². The molecule has 0 amide bonds. The van der Waals surface area contributed by atoms with Gasteiger partial charge in [-0.15, -0.1) is 0 Å². The molecule has 1 rings (SSSR count). The largest absolute Gasteiger partial charge is 0.460 e. The van der Waals surface area contributed by atoms with Crippen molar-refractivity contribution in [2.45, 2.75) is 52.2 Å². The Labute approximate surface area is 125 Å². The third-order valence-electron chi connectivity index (χ3n) is 3.34. The fraction of sp³-hybridized carbons (Fsp3) is 0.562. The summed E-state index contributed by atoms with van der Waals surface area (Å²) in [6.45, 7) is 8.94. The van der Waals surface area contributed by atoms with Crippen LogP contribution in [0.4, 0.5) is 0 Å². The summed E-state index contributed by atoms with van der Waals surface area (Å²) >= 11 is 5.97. The van der Waals surface area contributed by atoms with Crippen molar-refractivity contribution in [3.8, 4) is 0 Å². The van der Waals surface area contributed by atoms with Crippen LogP contribution in [-0.4, -0.2) is 16.7 Å². The van der Waals surface area contributed by atoms with E-state index in [9.17, 15) is 9.90 Å². The molecule has 0 aliphatic heterocycles. The van der Waals surface area contributed by atoms with Gasteiger partial charge in [-0.3, -0.25) is 4.79 Å². The Morgan fingerprint density at radius 3 is 2.45 bits per heavy atom. The van der Waals surface area contributed by atoms with Gasteiger partial charge < -0.3 is 9.84 Å². The van der Waals surface area contributed by atoms with Crippen molar-refractivity contribution in [1.29, 1.82) is 0 Å². The van der Waals surface area contributed by atoms with Crippen molar-refractivity contribution >= 4 is 17.6 Å². The molecule has 0 aliphatic rings. The summed E-state index contributed by atoms with van der Waals surface area (Å²) in [5.41, 5.74) is -1.23. The van der Waals surface area contributed by atoms with Gasteiger partial charge in [0.05, 0.1) is 5.92 Å². The van der Waals surface area contributed by atoms with Crippen molar-refractivity contribution in [2.75, 3.05) is 0 Å². The lowest BCUT2D eigenvalue weighted by molar-refractivity contribution is -0.170. The van der Waals surface area contributed by atoms with Gasteiger partial charge >= 0.3 is 5.97 Å². The number of hydrogen-bond donors (Lipinski definition) is 1. The number of esters is 1. The summed E-state index contributed by atoms with van der Waals surface area (Å²) in [5, 5.41) is 11.4.